The Balaban J connectivity index is 2.39. The lowest BCUT2D eigenvalue weighted by Gasteiger charge is -2.20. The topological polar surface area (TPSA) is 35.2 Å². The van der Waals surface area contributed by atoms with E-state index in [4.69, 9.17) is 10.5 Å². The van der Waals surface area contributed by atoms with Gasteiger partial charge in [0, 0.05) is 12.0 Å². The van der Waals surface area contributed by atoms with Gasteiger partial charge in [0.15, 0.2) is 0 Å². The fraction of sp³-hybridized carbons (Fsp3) is 0.571. The van der Waals surface area contributed by atoms with Gasteiger partial charge in [-0.05, 0) is 36.0 Å². The molecule has 2 N–H and O–H groups in total. The number of nitrogens with two attached hydrogens (primary N) is 1. The smallest absolute Gasteiger partial charge is 0.121 e. The van der Waals surface area contributed by atoms with Crippen molar-refractivity contribution < 1.29 is 4.74 Å². The summed E-state index contributed by atoms with van der Waals surface area (Å²) in [6.45, 7) is 7.40. The standard InChI is InChI=1S/C14H21NO/c1-10-7-11(5-6-12(10)16-4)14(9-15)8-13(14,2)3/h5-7H,8-9,15H2,1-4H3. The molecule has 0 heterocycles. The molecular weight excluding hydrogens is 198 g/mol. The molecule has 0 bridgehead atoms. The van der Waals surface area contributed by atoms with Gasteiger partial charge in [0.2, 0.25) is 0 Å². The first kappa shape index (κ1) is 11.5. The van der Waals surface area contributed by atoms with Gasteiger partial charge in [0.05, 0.1) is 7.11 Å². The Bertz CT molecular complexity index is 411. The van der Waals surface area contributed by atoms with E-state index in [0.29, 0.717) is 5.41 Å². The normalized spacial score (nSPS) is 26.6. The van der Waals surface area contributed by atoms with Crippen LogP contribution in [0.4, 0.5) is 0 Å². The number of ether oxygens (including phenoxy) is 1. The van der Waals surface area contributed by atoms with E-state index in [0.717, 1.165) is 12.3 Å². The number of benzene rings is 1. The molecule has 1 aromatic rings. The van der Waals surface area contributed by atoms with E-state index in [-0.39, 0.29) is 5.41 Å². The SMILES string of the molecule is COc1ccc(C2(CN)CC2(C)C)cc1C. The molecule has 88 valence electrons. The third-order valence-electron chi connectivity index (χ3n) is 4.21. The summed E-state index contributed by atoms with van der Waals surface area (Å²) in [5.41, 5.74) is 9.04. The van der Waals surface area contributed by atoms with Crippen LogP contribution in [0, 0.1) is 12.3 Å². The van der Waals surface area contributed by atoms with Gasteiger partial charge in [-0.1, -0.05) is 26.0 Å². The summed E-state index contributed by atoms with van der Waals surface area (Å²) in [6, 6.07) is 6.43. The van der Waals surface area contributed by atoms with Crippen LogP contribution < -0.4 is 10.5 Å². The van der Waals surface area contributed by atoms with Crippen LogP contribution in [0.2, 0.25) is 0 Å². The zero-order chi connectivity index (χ0) is 12.0. The van der Waals surface area contributed by atoms with Gasteiger partial charge < -0.3 is 10.5 Å². The molecule has 0 radical (unpaired) electrons. The Morgan fingerprint density at radius 1 is 1.38 bits per heavy atom. The Kier molecular flexibility index (Phi) is 2.50. The highest BCUT2D eigenvalue weighted by Crippen LogP contribution is 2.63. The summed E-state index contributed by atoms with van der Waals surface area (Å²) in [5.74, 6) is 0.953. The summed E-state index contributed by atoms with van der Waals surface area (Å²) in [7, 11) is 1.71. The van der Waals surface area contributed by atoms with Crippen molar-refractivity contribution in [1.82, 2.24) is 0 Å². The second kappa shape index (κ2) is 3.49. The van der Waals surface area contributed by atoms with Crippen molar-refractivity contribution in [3.63, 3.8) is 0 Å². The Hall–Kier alpha value is -1.02. The molecule has 1 aliphatic carbocycles. The lowest BCUT2D eigenvalue weighted by molar-refractivity contribution is 0.411. The molecule has 1 aromatic carbocycles. The minimum atomic E-state index is 0.185. The van der Waals surface area contributed by atoms with Crippen molar-refractivity contribution in [2.45, 2.75) is 32.6 Å². The van der Waals surface area contributed by atoms with Gasteiger partial charge in [0.25, 0.3) is 0 Å². The molecule has 2 heteroatoms. The first-order valence-electron chi connectivity index (χ1n) is 5.82. The highest BCUT2D eigenvalue weighted by Gasteiger charge is 2.60. The summed E-state index contributed by atoms with van der Waals surface area (Å²) < 4.78 is 5.29. The molecule has 2 nitrogen and oxygen atoms in total. The summed E-state index contributed by atoms with van der Waals surface area (Å²) in [4.78, 5) is 0. The largest absolute Gasteiger partial charge is 0.496 e. The van der Waals surface area contributed by atoms with Crippen LogP contribution in [0.15, 0.2) is 18.2 Å². The predicted molar refractivity (Wildman–Crippen MR) is 66.9 cm³/mol. The first-order valence-corrected chi connectivity index (χ1v) is 5.82. The van der Waals surface area contributed by atoms with Crippen LogP contribution in [-0.2, 0) is 5.41 Å². The van der Waals surface area contributed by atoms with E-state index in [2.05, 4.69) is 39.0 Å². The lowest BCUT2D eigenvalue weighted by Crippen LogP contribution is -2.25. The zero-order valence-corrected chi connectivity index (χ0v) is 10.6. The zero-order valence-electron chi connectivity index (χ0n) is 10.6. The van der Waals surface area contributed by atoms with Crippen LogP contribution in [0.25, 0.3) is 0 Å². The average molecular weight is 219 g/mol. The second-order valence-electron chi connectivity index (χ2n) is 5.53. The van der Waals surface area contributed by atoms with Gasteiger partial charge in [-0.25, -0.2) is 0 Å². The maximum absolute atomic E-state index is 5.97. The number of aryl methyl sites for hydroxylation is 1. The van der Waals surface area contributed by atoms with Crippen LogP contribution in [0.5, 0.6) is 5.75 Å². The van der Waals surface area contributed by atoms with Crippen molar-refractivity contribution in [2.24, 2.45) is 11.1 Å². The molecule has 16 heavy (non-hydrogen) atoms. The molecule has 0 saturated heterocycles. The molecule has 0 amide bonds. The Labute approximate surface area is 97.8 Å². The first-order chi connectivity index (χ1) is 7.47. The highest BCUT2D eigenvalue weighted by atomic mass is 16.5. The number of hydrogen-bond donors (Lipinski definition) is 1. The van der Waals surface area contributed by atoms with E-state index in [1.165, 1.54) is 17.5 Å². The van der Waals surface area contributed by atoms with Crippen molar-refractivity contribution >= 4 is 0 Å². The van der Waals surface area contributed by atoms with E-state index in [9.17, 15) is 0 Å². The molecular formula is C14H21NO. The number of methoxy groups -OCH3 is 1. The molecule has 0 spiro atoms. The third kappa shape index (κ3) is 1.44. The lowest BCUT2D eigenvalue weighted by atomic mass is 9.87. The summed E-state index contributed by atoms with van der Waals surface area (Å²) >= 11 is 0. The molecule has 1 atom stereocenters. The Morgan fingerprint density at radius 2 is 2.00 bits per heavy atom. The van der Waals surface area contributed by atoms with Gasteiger partial charge >= 0.3 is 0 Å². The average Bonchev–Trinajstić information content (AvgIpc) is 2.82. The van der Waals surface area contributed by atoms with Crippen LogP contribution in [0.3, 0.4) is 0 Å². The highest BCUT2D eigenvalue weighted by molar-refractivity contribution is 5.44. The Morgan fingerprint density at radius 3 is 2.38 bits per heavy atom. The number of rotatable bonds is 3. The van der Waals surface area contributed by atoms with Crippen LogP contribution in [-0.4, -0.2) is 13.7 Å². The van der Waals surface area contributed by atoms with E-state index in [1.807, 2.05) is 0 Å². The maximum Gasteiger partial charge on any atom is 0.121 e. The van der Waals surface area contributed by atoms with E-state index in [1.54, 1.807) is 7.11 Å². The maximum atomic E-state index is 5.97. The summed E-state index contributed by atoms with van der Waals surface area (Å²) in [6.07, 6.45) is 1.18. The number of hydrogen-bond acceptors (Lipinski definition) is 2. The van der Waals surface area contributed by atoms with Crippen LogP contribution in [0.1, 0.15) is 31.4 Å². The minimum absolute atomic E-state index is 0.185. The van der Waals surface area contributed by atoms with E-state index >= 15 is 0 Å². The molecule has 2 rings (SSSR count). The summed E-state index contributed by atoms with van der Waals surface area (Å²) in [5, 5.41) is 0. The fourth-order valence-corrected chi connectivity index (χ4v) is 2.85. The second-order valence-corrected chi connectivity index (χ2v) is 5.53. The van der Waals surface area contributed by atoms with Gasteiger partial charge in [0.1, 0.15) is 5.75 Å². The molecule has 1 fully saturated rings. The quantitative estimate of drug-likeness (QED) is 0.848. The predicted octanol–water partition coefficient (Wildman–Crippen LogP) is 2.63. The molecule has 1 saturated carbocycles. The van der Waals surface area contributed by atoms with Crippen molar-refractivity contribution in [2.75, 3.05) is 13.7 Å². The molecule has 1 aliphatic rings. The monoisotopic (exact) mass is 219 g/mol. The van der Waals surface area contributed by atoms with Gasteiger partial charge in [-0.15, -0.1) is 0 Å². The van der Waals surface area contributed by atoms with Crippen molar-refractivity contribution in [1.29, 1.82) is 0 Å². The van der Waals surface area contributed by atoms with Gasteiger partial charge in [-0.2, -0.15) is 0 Å². The van der Waals surface area contributed by atoms with Crippen molar-refractivity contribution in [3.8, 4) is 5.75 Å². The molecule has 1 unspecified atom stereocenters. The minimum Gasteiger partial charge on any atom is -0.496 e. The van der Waals surface area contributed by atoms with E-state index < -0.39 is 0 Å². The van der Waals surface area contributed by atoms with Crippen molar-refractivity contribution in [3.05, 3.63) is 29.3 Å². The fourth-order valence-electron chi connectivity index (χ4n) is 2.85. The molecule has 0 aromatic heterocycles. The van der Waals surface area contributed by atoms with Gasteiger partial charge in [-0.3, -0.25) is 0 Å². The molecule has 0 aliphatic heterocycles. The third-order valence-corrected chi connectivity index (χ3v) is 4.21. The van der Waals surface area contributed by atoms with Crippen LogP contribution >= 0.6 is 0 Å².